The normalized spacial score (nSPS) is 21.5. The van der Waals surface area contributed by atoms with Gasteiger partial charge in [0.25, 0.3) is 0 Å². The molecule has 49 heavy (non-hydrogen) atoms. The molecule has 5 heterocycles. The van der Waals surface area contributed by atoms with Gasteiger partial charge in [-0.2, -0.15) is 0 Å². The van der Waals surface area contributed by atoms with Gasteiger partial charge in [-0.25, -0.2) is 0 Å². The molecule has 3 radical (unpaired) electrons. The smallest absolute Gasteiger partial charge is 0.0599 e. The van der Waals surface area contributed by atoms with Crippen LogP contribution in [0.15, 0.2) is 58.2 Å². The van der Waals surface area contributed by atoms with Gasteiger partial charge in [-0.3, -0.25) is 0 Å². The zero-order valence-electron chi connectivity index (χ0n) is 28.0. The number of aliphatic hydroxyl groups excluding tert-OH is 1. The Labute approximate surface area is 307 Å². The van der Waals surface area contributed by atoms with E-state index < -0.39 is 0 Å². The summed E-state index contributed by atoms with van der Waals surface area (Å²) in [5.74, 6) is 2.27. The number of aliphatic hydroxyl groups is 1. The molecule has 12 nitrogen and oxygen atoms in total. The molecule has 3 atom stereocenters. The van der Waals surface area contributed by atoms with E-state index in [1.807, 2.05) is 50.4 Å². The topological polar surface area (TPSA) is 158 Å². The van der Waals surface area contributed by atoms with Crippen LogP contribution in [0.3, 0.4) is 0 Å². The minimum absolute atomic E-state index is 0.0481. The first-order chi connectivity index (χ1) is 23.7. The minimum atomic E-state index is -0.349. The van der Waals surface area contributed by atoms with E-state index in [0.717, 1.165) is 52.5 Å². The zero-order valence-corrected chi connectivity index (χ0v) is 32.6. The minimum Gasteiger partial charge on any atom is -0.0599 e. The van der Waals surface area contributed by atoms with Gasteiger partial charge in [-0.05, 0) is 32.7 Å². The summed E-state index contributed by atoms with van der Waals surface area (Å²) in [6.07, 6.45) is 4.92. The molecule has 4 aromatic rings. The van der Waals surface area contributed by atoms with Crippen molar-refractivity contribution in [3.63, 3.8) is 0 Å². The van der Waals surface area contributed by atoms with Crippen molar-refractivity contribution in [2.24, 2.45) is 10.9 Å². The number of aromatic nitrogens is 4. The molecule has 2 aliphatic heterocycles. The molecule has 0 bridgehead atoms. The third-order valence-corrected chi connectivity index (χ3v) is 11.3. The van der Waals surface area contributed by atoms with Crippen molar-refractivity contribution in [1.29, 1.82) is 5.41 Å². The van der Waals surface area contributed by atoms with Crippen LogP contribution >= 0.6 is 11.6 Å². The van der Waals surface area contributed by atoms with E-state index in [2.05, 4.69) is 32.6 Å². The van der Waals surface area contributed by atoms with Crippen LogP contribution in [-0.4, -0.2) is 99.5 Å². The van der Waals surface area contributed by atoms with Crippen LogP contribution in [0.25, 0.3) is 0 Å². The van der Waals surface area contributed by atoms with Crippen LogP contribution in [0.1, 0.15) is 66.6 Å². The fraction of sp³-hybridized carbons (Fsp3) is 0.429. The van der Waals surface area contributed by atoms with E-state index in [0.29, 0.717) is 74.2 Å². The second-order valence-electron chi connectivity index (χ2n) is 12.7. The van der Waals surface area contributed by atoms with Gasteiger partial charge in [-0.15, -0.1) is 0 Å². The molecule has 2 saturated heterocycles. The molecule has 0 aliphatic carbocycles. The number of ether oxygens (including phenoxy) is 1. The number of aliphatic imine (C=N–C) groups is 1. The van der Waals surface area contributed by atoms with Crippen molar-refractivity contribution in [2.75, 3.05) is 43.5 Å². The Hall–Kier alpha value is -3.31. The van der Waals surface area contributed by atoms with Gasteiger partial charge in [-0.1, -0.05) is 12.1 Å². The third-order valence-electron chi connectivity index (χ3n) is 9.41. The molecule has 1 aromatic carbocycles. The average Bonchev–Trinajstić information content (AvgIpc) is 3.57. The van der Waals surface area contributed by atoms with Gasteiger partial charge in [0.2, 0.25) is 0 Å². The predicted molar refractivity (Wildman–Crippen MR) is 192 cm³/mol. The first-order valence-corrected chi connectivity index (χ1v) is 18.9. The van der Waals surface area contributed by atoms with E-state index in [9.17, 15) is 10.5 Å². The van der Waals surface area contributed by atoms with Crippen molar-refractivity contribution in [2.45, 2.75) is 57.8 Å². The maximum absolute atomic E-state index is 10.7. The third kappa shape index (κ3) is 7.58. The van der Waals surface area contributed by atoms with Crippen LogP contribution < -0.4 is 15.5 Å². The number of anilines is 2. The summed E-state index contributed by atoms with van der Waals surface area (Å²) in [5, 5.41) is 31.5. The van der Waals surface area contributed by atoms with Crippen molar-refractivity contribution >= 4 is 63.8 Å². The second kappa shape index (κ2) is 15.7. The summed E-state index contributed by atoms with van der Waals surface area (Å²) in [4.78, 5) is 21.4. The Kier molecular flexibility index (Phi) is 11.4. The molecule has 2 fully saturated rings. The molecule has 3 aromatic heterocycles. The number of hydrogen-bond donors (Lipinski definition) is 4. The van der Waals surface area contributed by atoms with E-state index in [1.54, 1.807) is 12.3 Å². The monoisotopic (exact) mass is 878 g/mol. The van der Waals surface area contributed by atoms with Crippen LogP contribution in [-0.2, 0) is 16.8 Å². The SMILES string of the molecule is CNCC1(c2cc(C)on2)CCN(c2nc(NC3CCCCO3)c(C(=N)c3ccnc(N=[C]([Pb])c4ccccc4)c3Cl)nc2CO)CC1C. The number of nitrogens with one attached hydrogen (secondary N) is 3. The maximum atomic E-state index is 10.7. The van der Waals surface area contributed by atoms with Gasteiger partial charge < -0.3 is 9.84 Å². The number of hydrogen-bond acceptors (Lipinski definition) is 12. The molecule has 0 saturated carbocycles. The second-order valence-corrected chi connectivity index (χ2v) is 14.9. The van der Waals surface area contributed by atoms with Crippen LogP contribution in [0, 0.1) is 18.3 Å². The Bertz CT molecular complexity index is 1820. The fourth-order valence-corrected chi connectivity index (χ4v) is 8.03. The summed E-state index contributed by atoms with van der Waals surface area (Å²) >= 11 is 7.59. The number of piperidine rings is 1. The van der Waals surface area contributed by atoms with Gasteiger partial charge >= 0.3 is 225 Å². The number of rotatable bonds is 11. The summed E-state index contributed by atoms with van der Waals surface area (Å²) in [6.45, 7) is 6.49. The molecular weight excluding hydrogens is 837 g/mol. The van der Waals surface area contributed by atoms with E-state index >= 15 is 0 Å². The summed E-state index contributed by atoms with van der Waals surface area (Å²) < 4.78 is 12.4. The molecule has 0 amide bonds. The number of nitrogens with zero attached hydrogens (tertiary/aromatic N) is 6. The van der Waals surface area contributed by atoms with Gasteiger partial charge in [0.05, 0.1) is 5.69 Å². The Morgan fingerprint density at radius 3 is 2.71 bits per heavy atom. The first-order valence-electron chi connectivity index (χ1n) is 16.6. The van der Waals surface area contributed by atoms with Crippen LogP contribution in [0.2, 0.25) is 5.02 Å². The Balaban J connectivity index is 1.36. The van der Waals surface area contributed by atoms with Gasteiger partial charge in [0, 0.05) is 18.0 Å². The van der Waals surface area contributed by atoms with E-state index in [1.165, 1.54) is 0 Å². The molecule has 4 N–H and O–H groups in total. The number of aryl methyl sites for hydroxylation is 1. The zero-order chi connectivity index (χ0) is 34.5. The first kappa shape index (κ1) is 35.5. The van der Waals surface area contributed by atoms with Crippen molar-refractivity contribution in [3.05, 3.63) is 87.7 Å². The number of halogens is 1. The molecule has 2 aliphatic rings. The molecule has 255 valence electrons. The number of pyridine rings is 1. The van der Waals surface area contributed by atoms with Crippen LogP contribution in [0.4, 0.5) is 17.5 Å². The number of benzene rings is 1. The Morgan fingerprint density at radius 2 is 2.04 bits per heavy atom. The van der Waals surface area contributed by atoms with E-state index in [4.69, 9.17) is 35.8 Å². The van der Waals surface area contributed by atoms with E-state index in [-0.39, 0.29) is 40.6 Å². The summed E-state index contributed by atoms with van der Waals surface area (Å²) in [7, 11) is 1.96. The van der Waals surface area contributed by atoms with Crippen molar-refractivity contribution in [1.82, 2.24) is 25.4 Å². The van der Waals surface area contributed by atoms with Gasteiger partial charge in [0.15, 0.2) is 0 Å². The molecule has 0 spiro atoms. The van der Waals surface area contributed by atoms with Crippen molar-refractivity contribution in [3.8, 4) is 0 Å². The quantitative estimate of drug-likeness (QED) is 0.121. The predicted octanol–water partition coefficient (Wildman–Crippen LogP) is 4.92. The molecule has 3 unspecified atom stereocenters. The molecule has 6 rings (SSSR count). The number of likely N-dealkylation sites (N-methyl/N-ethyl adjacent to an activating group) is 1. The van der Waals surface area contributed by atoms with Crippen LogP contribution in [0.5, 0.6) is 0 Å². The summed E-state index contributed by atoms with van der Waals surface area (Å²) in [6, 6.07) is 13.6. The van der Waals surface area contributed by atoms with Crippen molar-refractivity contribution < 1.29 is 14.4 Å². The fourth-order valence-electron chi connectivity index (χ4n) is 6.72. The standard InChI is InChI=1S/C35H41ClN9O3.Pb/c1-22-19-45(15-13-35(22,21-38-3)27-17-23(2)48-44-27)34-26(20-46)41-31(33(43-34)42-28-11-7-8-16-47-28)30(37)25-12-14-39-32(29(25)36)40-18-24-9-5-4-6-10-24;/h4-6,9-10,12,14,17,22,28,37-38,46H,7-8,11,13,15-16,19-21H2,1-3H3,(H,42,43);. The Morgan fingerprint density at radius 1 is 1.22 bits per heavy atom. The molecular formula is C35H41ClN9O3Pb. The molecule has 14 heteroatoms. The average molecular weight is 878 g/mol. The van der Waals surface area contributed by atoms with Gasteiger partial charge in [0.1, 0.15) is 5.76 Å². The summed E-state index contributed by atoms with van der Waals surface area (Å²) in [5.41, 5.74) is 2.84.